The van der Waals surface area contributed by atoms with E-state index in [4.69, 9.17) is 9.47 Å². The first kappa shape index (κ1) is 17.6. The Bertz CT molecular complexity index is 560. The lowest BCUT2D eigenvalue weighted by Crippen LogP contribution is -2.68. The van der Waals surface area contributed by atoms with Crippen molar-refractivity contribution in [1.82, 2.24) is 4.98 Å². The molecule has 0 bridgehead atoms. The highest BCUT2D eigenvalue weighted by molar-refractivity contribution is 5.61. The van der Waals surface area contributed by atoms with Crippen LogP contribution in [0, 0.1) is 10.1 Å². The van der Waals surface area contributed by atoms with Gasteiger partial charge in [-0.15, -0.1) is 0 Å². The second-order valence-electron chi connectivity index (χ2n) is 5.57. The molecule has 0 N–H and O–H groups in total. The quantitative estimate of drug-likeness (QED) is 0.628. The van der Waals surface area contributed by atoms with Crippen LogP contribution in [0.2, 0.25) is 0 Å². The normalized spacial score (nSPS) is 22.1. The van der Waals surface area contributed by atoms with Gasteiger partial charge in [-0.05, 0) is 34.9 Å². The Hall–Kier alpha value is -1.73. The number of morpholine rings is 1. The zero-order valence-electron chi connectivity index (χ0n) is 14.2. The standard InChI is InChI=1S/C14H19N3O4.C2H6/c1-3-11-6-12(13(15-7-11)17(18)19)16-4-5-21-14(10(16)2)8-20-9-14;1-2/h6-7,10H,3-5,8-9H2,1-2H3;1-2H3. The molecule has 2 aliphatic heterocycles. The summed E-state index contributed by atoms with van der Waals surface area (Å²) in [6.45, 7) is 10.3. The zero-order valence-corrected chi connectivity index (χ0v) is 14.2. The third-order valence-electron chi connectivity index (χ3n) is 4.44. The third-order valence-corrected chi connectivity index (χ3v) is 4.44. The SMILES string of the molecule is CC.CCc1cnc([N+](=O)[O-])c(N2CCOC3(COC3)C2C)c1. The molecule has 1 aromatic heterocycles. The number of aryl methyl sites for hydroxylation is 1. The second-order valence-corrected chi connectivity index (χ2v) is 5.57. The van der Waals surface area contributed by atoms with E-state index in [0.717, 1.165) is 12.0 Å². The maximum absolute atomic E-state index is 11.3. The molecule has 0 aliphatic carbocycles. The number of nitro groups is 1. The van der Waals surface area contributed by atoms with Gasteiger partial charge in [-0.25, -0.2) is 0 Å². The van der Waals surface area contributed by atoms with E-state index in [9.17, 15) is 10.1 Å². The molecule has 128 valence electrons. The molecule has 23 heavy (non-hydrogen) atoms. The number of ether oxygens (including phenoxy) is 2. The van der Waals surface area contributed by atoms with Crippen LogP contribution in [0.3, 0.4) is 0 Å². The molecule has 1 aromatic rings. The first-order valence-corrected chi connectivity index (χ1v) is 8.19. The fourth-order valence-corrected chi connectivity index (χ4v) is 2.94. The minimum atomic E-state index is -0.416. The summed E-state index contributed by atoms with van der Waals surface area (Å²) in [5.74, 6) is -0.0867. The van der Waals surface area contributed by atoms with Crippen molar-refractivity contribution >= 4 is 11.5 Å². The lowest BCUT2D eigenvalue weighted by Gasteiger charge is -2.53. The molecule has 0 amide bonds. The van der Waals surface area contributed by atoms with Crippen molar-refractivity contribution in [3.8, 4) is 0 Å². The Morgan fingerprint density at radius 3 is 2.70 bits per heavy atom. The maximum atomic E-state index is 11.3. The molecule has 0 aromatic carbocycles. The number of nitrogens with zero attached hydrogens (tertiary/aromatic N) is 3. The van der Waals surface area contributed by atoms with Gasteiger partial charge in [0.25, 0.3) is 0 Å². The van der Waals surface area contributed by atoms with Crippen molar-refractivity contribution in [2.45, 2.75) is 45.8 Å². The van der Waals surface area contributed by atoms with Crippen molar-refractivity contribution in [2.75, 3.05) is 31.3 Å². The highest BCUT2D eigenvalue weighted by Crippen LogP contribution is 2.37. The molecule has 0 saturated carbocycles. The molecular formula is C16H25N3O4. The van der Waals surface area contributed by atoms with Crippen LogP contribution in [-0.4, -0.2) is 47.9 Å². The summed E-state index contributed by atoms with van der Waals surface area (Å²) in [6, 6.07) is 1.90. The predicted molar refractivity (Wildman–Crippen MR) is 87.9 cm³/mol. The van der Waals surface area contributed by atoms with Gasteiger partial charge in [0.15, 0.2) is 0 Å². The molecule has 3 heterocycles. The average molecular weight is 323 g/mol. The first-order valence-electron chi connectivity index (χ1n) is 8.19. The topological polar surface area (TPSA) is 77.7 Å². The van der Waals surface area contributed by atoms with E-state index in [1.165, 1.54) is 0 Å². The summed E-state index contributed by atoms with van der Waals surface area (Å²) in [5, 5.41) is 11.3. The summed E-state index contributed by atoms with van der Waals surface area (Å²) < 4.78 is 11.2. The number of hydrogen-bond donors (Lipinski definition) is 0. The van der Waals surface area contributed by atoms with Gasteiger partial charge in [0.2, 0.25) is 0 Å². The first-order chi connectivity index (χ1) is 11.1. The van der Waals surface area contributed by atoms with Gasteiger partial charge in [-0.3, -0.25) is 0 Å². The molecule has 3 rings (SSSR count). The van der Waals surface area contributed by atoms with E-state index in [-0.39, 0.29) is 17.5 Å². The number of anilines is 1. The van der Waals surface area contributed by atoms with Gasteiger partial charge in [0.05, 0.1) is 25.9 Å². The van der Waals surface area contributed by atoms with E-state index >= 15 is 0 Å². The Morgan fingerprint density at radius 1 is 1.48 bits per heavy atom. The summed E-state index contributed by atoms with van der Waals surface area (Å²) in [4.78, 5) is 16.9. The van der Waals surface area contributed by atoms with Gasteiger partial charge >= 0.3 is 5.82 Å². The number of pyridine rings is 1. The smallest absolute Gasteiger partial charge is 0.375 e. The highest BCUT2D eigenvalue weighted by Gasteiger charge is 2.50. The fraction of sp³-hybridized carbons (Fsp3) is 0.688. The zero-order chi connectivity index (χ0) is 17.0. The number of rotatable bonds is 3. The fourth-order valence-electron chi connectivity index (χ4n) is 2.94. The molecule has 2 saturated heterocycles. The molecule has 7 nitrogen and oxygen atoms in total. The second kappa shape index (κ2) is 7.23. The molecule has 1 spiro atoms. The summed E-state index contributed by atoms with van der Waals surface area (Å²) in [5.41, 5.74) is 1.24. The van der Waals surface area contributed by atoms with Crippen LogP contribution in [0.15, 0.2) is 12.3 Å². The van der Waals surface area contributed by atoms with Crippen LogP contribution in [0.4, 0.5) is 11.5 Å². The largest absolute Gasteiger partial charge is 0.387 e. The Kier molecular flexibility index (Phi) is 5.54. The number of aromatic nitrogens is 1. The summed E-state index contributed by atoms with van der Waals surface area (Å²) in [6.07, 6.45) is 2.37. The van der Waals surface area contributed by atoms with Crippen molar-refractivity contribution in [2.24, 2.45) is 0 Å². The lowest BCUT2D eigenvalue weighted by molar-refractivity contribution is -0.388. The predicted octanol–water partition coefficient (Wildman–Crippen LogP) is 2.57. The van der Waals surface area contributed by atoms with Crippen molar-refractivity contribution in [1.29, 1.82) is 0 Å². The Morgan fingerprint density at radius 2 is 2.17 bits per heavy atom. The van der Waals surface area contributed by atoms with Gasteiger partial charge in [0.1, 0.15) is 17.5 Å². The monoisotopic (exact) mass is 323 g/mol. The molecule has 2 fully saturated rings. The molecule has 2 aliphatic rings. The minimum Gasteiger partial charge on any atom is -0.375 e. The van der Waals surface area contributed by atoms with Crippen LogP contribution in [-0.2, 0) is 15.9 Å². The summed E-state index contributed by atoms with van der Waals surface area (Å²) in [7, 11) is 0. The molecule has 1 unspecified atom stereocenters. The molecular weight excluding hydrogens is 298 g/mol. The van der Waals surface area contributed by atoms with Crippen molar-refractivity contribution in [3.63, 3.8) is 0 Å². The van der Waals surface area contributed by atoms with Crippen LogP contribution < -0.4 is 4.90 Å². The molecule has 1 atom stereocenters. The van der Waals surface area contributed by atoms with Crippen LogP contribution >= 0.6 is 0 Å². The van der Waals surface area contributed by atoms with E-state index in [1.807, 2.05) is 38.7 Å². The minimum absolute atomic E-state index is 0.0209. The number of hydrogen-bond acceptors (Lipinski definition) is 6. The van der Waals surface area contributed by atoms with Gasteiger partial charge in [-0.1, -0.05) is 20.8 Å². The van der Waals surface area contributed by atoms with E-state index < -0.39 is 4.92 Å². The maximum Gasteiger partial charge on any atom is 0.387 e. The van der Waals surface area contributed by atoms with Gasteiger partial charge in [-0.2, -0.15) is 0 Å². The third kappa shape index (κ3) is 3.16. The van der Waals surface area contributed by atoms with Crippen LogP contribution in [0.1, 0.15) is 33.3 Å². The van der Waals surface area contributed by atoms with E-state index in [1.54, 1.807) is 6.20 Å². The van der Waals surface area contributed by atoms with Crippen molar-refractivity contribution in [3.05, 3.63) is 27.9 Å². The van der Waals surface area contributed by atoms with Crippen molar-refractivity contribution < 1.29 is 14.4 Å². The van der Waals surface area contributed by atoms with E-state index in [0.29, 0.717) is 32.1 Å². The Balaban J connectivity index is 0.000000924. The van der Waals surface area contributed by atoms with Crippen LogP contribution in [0.5, 0.6) is 0 Å². The summed E-state index contributed by atoms with van der Waals surface area (Å²) >= 11 is 0. The van der Waals surface area contributed by atoms with Crippen LogP contribution in [0.25, 0.3) is 0 Å². The average Bonchev–Trinajstić information content (AvgIpc) is 2.54. The molecule has 7 heteroatoms. The van der Waals surface area contributed by atoms with Gasteiger partial charge in [0, 0.05) is 6.54 Å². The highest BCUT2D eigenvalue weighted by atomic mass is 16.6. The Labute approximate surface area is 136 Å². The lowest BCUT2D eigenvalue weighted by atomic mass is 9.90. The van der Waals surface area contributed by atoms with Gasteiger partial charge < -0.3 is 24.5 Å². The molecule has 0 radical (unpaired) electrons. The van der Waals surface area contributed by atoms with E-state index in [2.05, 4.69) is 4.98 Å².